The van der Waals surface area contributed by atoms with Crippen molar-refractivity contribution in [3.05, 3.63) is 108 Å². The van der Waals surface area contributed by atoms with Crippen molar-refractivity contribution < 1.29 is 9.53 Å². The zero-order valence-electron chi connectivity index (χ0n) is 18.2. The number of methoxy groups -OCH3 is 1. The van der Waals surface area contributed by atoms with Crippen LogP contribution in [0.15, 0.2) is 91.4 Å². The van der Waals surface area contributed by atoms with Gasteiger partial charge < -0.3 is 14.6 Å². The Balaban J connectivity index is 1.40. The Hall–Kier alpha value is -4.12. The topological polar surface area (TPSA) is 56.1 Å². The zero-order valence-corrected chi connectivity index (χ0v) is 18.2. The van der Waals surface area contributed by atoms with Gasteiger partial charge in [0.25, 0.3) is 0 Å². The standard InChI is InChI=1S/C27H25N3O2/c1-20-18-30(19-29-20)25-13-11-21(16-26(25)32-2)12-14-27(31)28-17-22-7-6-10-24(15-22)23-8-4-3-5-9-23/h3-16,18-19H,17H2,1-2H3,(H,28,31)/b14-12+. The maximum Gasteiger partial charge on any atom is 0.244 e. The summed E-state index contributed by atoms with van der Waals surface area (Å²) < 4.78 is 7.44. The van der Waals surface area contributed by atoms with Crippen LogP contribution in [0.25, 0.3) is 22.9 Å². The number of hydrogen-bond acceptors (Lipinski definition) is 3. The predicted octanol–water partition coefficient (Wildman–Crippen LogP) is 5.19. The fourth-order valence-corrected chi connectivity index (χ4v) is 3.48. The second-order valence-electron chi connectivity index (χ2n) is 7.47. The third-order valence-electron chi connectivity index (χ3n) is 5.12. The van der Waals surface area contributed by atoms with Gasteiger partial charge in [-0.1, -0.05) is 54.6 Å². The Morgan fingerprint density at radius 1 is 1.03 bits per heavy atom. The molecule has 4 rings (SSSR count). The largest absolute Gasteiger partial charge is 0.495 e. The maximum atomic E-state index is 12.3. The summed E-state index contributed by atoms with van der Waals surface area (Å²) >= 11 is 0. The molecule has 0 saturated heterocycles. The molecule has 5 heteroatoms. The van der Waals surface area contributed by atoms with Gasteiger partial charge in [-0.25, -0.2) is 4.98 Å². The summed E-state index contributed by atoms with van der Waals surface area (Å²) in [6.45, 7) is 2.41. The molecule has 0 aliphatic heterocycles. The second kappa shape index (κ2) is 9.79. The molecule has 1 aromatic heterocycles. The van der Waals surface area contributed by atoms with E-state index < -0.39 is 0 Å². The van der Waals surface area contributed by atoms with Crippen molar-refractivity contribution in [3.63, 3.8) is 0 Å². The molecule has 5 nitrogen and oxygen atoms in total. The van der Waals surface area contributed by atoms with E-state index in [1.165, 1.54) is 6.08 Å². The SMILES string of the molecule is COc1cc(/C=C/C(=O)NCc2cccc(-c3ccccc3)c2)ccc1-n1cnc(C)c1. The molecule has 32 heavy (non-hydrogen) atoms. The lowest BCUT2D eigenvalue weighted by atomic mass is 10.0. The van der Waals surface area contributed by atoms with Gasteiger partial charge in [0.2, 0.25) is 5.91 Å². The Bertz CT molecular complexity index is 1240. The molecule has 1 N–H and O–H groups in total. The summed E-state index contributed by atoms with van der Waals surface area (Å²) in [6.07, 6.45) is 7.01. The van der Waals surface area contributed by atoms with Gasteiger partial charge >= 0.3 is 0 Å². The molecule has 3 aromatic carbocycles. The van der Waals surface area contributed by atoms with Crippen LogP contribution in [-0.4, -0.2) is 22.6 Å². The lowest BCUT2D eigenvalue weighted by Crippen LogP contribution is -2.20. The second-order valence-corrected chi connectivity index (χ2v) is 7.47. The number of carbonyl (C=O) groups excluding carboxylic acids is 1. The molecule has 0 aliphatic carbocycles. The van der Waals surface area contributed by atoms with Crippen LogP contribution in [0.3, 0.4) is 0 Å². The summed E-state index contributed by atoms with van der Waals surface area (Å²) in [4.78, 5) is 16.6. The molecule has 1 amide bonds. The first-order chi connectivity index (χ1) is 15.6. The lowest BCUT2D eigenvalue weighted by molar-refractivity contribution is -0.116. The Labute approximate surface area is 188 Å². The van der Waals surface area contributed by atoms with Crippen LogP contribution < -0.4 is 10.1 Å². The predicted molar refractivity (Wildman–Crippen MR) is 128 cm³/mol. The molecule has 0 aliphatic rings. The highest BCUT2D eigenvalue weighted by Crippen LogP contribution is 2.25. The summed E-state index contributed by atoms with van der Waals surface area (Å²) in [6, 6.07) is 24.2. The number of nitrogens with one attached hydrogen (secondary N) is 1. The number of ether oxygens (including phenoxy) is 1. The van der Waals surface area contributed by atoms with Crippen molar-refractivity contribution in [1.29, 1.82) is 0 Å². The van der Waals surface area contributed by atoms with E-state index in [0.29, 0.717) is 12.3 Å². The van der Waals surface area contributed by atoms with Crippen LogP contribution in [-0.2, 0) is 11.3 Å². The molecule has 0 atom stereocenters. The third-order valence-corrected chi connectivity index (χ3v) is 5.12. The number of aromatic nitrogens is 2. The normalized spacial score (nSPS) is 10.9. The van der Waals surface area contributed by atoms with Crippen molar-refractivity contribution in [2.24, 2.45) is 0 Å². The Morgan fingerprint density at radius 2 is 1.84 bits per heavy atom. The first kappa shape index (κ1) is 21.1. The highest BCUT2D eigenvalue weighted by Gasteiger charge is 2.07. The molecule has 0 saturated carbocycles. The number of hydrogen-bond donors (Lipinski definition) is 1. The van der Waals surface area contributed by atoms with Gasteiger partial charge in [-0.3, -0.25) is 4.79 Å². The van der Waals surface area contributed by atoms with Gasteiger partial charge in [-0.15, -0.1) is 0 Å². The number of aryl methyl sites for hydroxylation is 1. The average Bonchev–Trinajstić information content (AvgIpc) is 3.28. The fourth-order valence-electron chi connectivity index (χ4n) is 3.48. The minimum absolute atomic E-state index is 0.150. The van der Waals surface area contributed by atoms with E-state index in [2.05, 4.69) is 34.6 Å². The molecular formula is C27H25N3O2. The van der Waals surface area contributed by atoms with E-state index in [4.69, 9.17) is 4.74 Å². The molecule has 0 radical (unpaired) electrons. The smallest absolute Gasteiger partial charge is 0.244 e. The quantitative estimate of drug-likeness (QED) is 0.417. The van der Waals surface area contributed by atoms with Gasteiger partial charge in [0.05, 0.1) is 24.8 Å². The summed E-state index contributed by atoms with van der Waals surface area (Å²) in [7, 11) is 1.63. The Kier molecular flexibility index (Phi) is 6.46. The summed E-state index contributed by atoms with van der Waals surface area (Å²) in [5.41, 5.74) is 6.05. The van der Waals surface area contributed by atoms with Gasteiger partial charge in [-0.2, -0.15) is 0 Å². The molecule has 160 valence electrons. The van der Waals surface area contributed by atoms with Gasteiger partial charge in [0.15, 0.2) is 0 Å². The lowest BCUT2D eigenvalue weighted by Gasteiger charge is -2.10. The van der Waals surface area contributed by atoms with Gasteiger partial charge in [0, 0.05) is 18.8 Å². The van der Waals surface area contributed by atoms with Gasteiger partial charge in [-0.05, 0) is 53.5 Å². The molecular weight excluding hydrogens is 398 g/mol. The monoisotopic (exact) mass is 423 g/mol. The van der Waals surface area contributed by atoms with E-state index in [-0.39, 0.29) is 5.91 Å². The van der Waals surface area contributed by atoms with E-state index in [1.807, 2.05) is 66.2 Å². The van der Waals surface area contributed by atoms with Crippen LogP contribution in [0.1, 0.15) is 16.8 Å². The first-order valence-corrected chi connectivity index (χ1v) is 10.4. The van der Waals surface area contributed by atoms with Crippen molar-refractivity contribution in [2.45, 2.75) is 13.5 Å². The van der Waals surface area contributed by atoms with E-state index >= 15 is 0 Å². The fraction of sp³-hybridized carbons (Fsp3) is 0.111. The molecule has 0 unspecified atom stereocenters. The van der Waals surface area contributed by atoms with Crippen LogP contribution >= 0.6 is 0 Å². The number of rotatable bonds is 7. The number of carbonyl (C=O) groups is 1. The van der Waals surface area contributed by atoms with Crippen LogP contribution in [0.2, 0.25) is 0 Å². The highest BCUT2D eigenvalue weighted by atomic mass is 16.5. The van der Waals surface area contributed by atoms with Crippen molar-refractivity contribution >= 4 is 12.0 Å². The van der Waals surface area contributed by atoms with Gasteiger partial charge in [0.1, 0.15) is 5.75 Å². The highest BCUT2D eigenvalue weighted by molar-refractivity contribution is 5.91. The molecule has 0 bridgehead atoms. The Morgan fingerprint density at radius 3 is 2.59 bits per heavy atom. The minimum atomic E-state index is -0.150. The average molecular weight is 424 g/mol. The minimum Gasteiger partial charge on any atom is -0.495 e. The molecule has 0 spiro atoms. The van der Waals surface area contributed by atoms with Crippen LogP contribution in [0, 0.1) is 6.92 Å². The van der Waals surface area contributed by atoms with Crippen molar-refractivity contribution in [3.8, 4) is 22.6 Å². The summed E-state index contributed by atoms with van der Waals surface area (Å²) in [5.74, 6) is 0.561. The van der Waals surface area contributed by atoms with E-state index in [9.17, 15) is 4.79 Å². The van der Waals surface area contributed by atoms with Crippen molar-refractivity contribution in [2.75, 3.05) is 7.11 Å². The number of imidazole rings is 1. The molecule has 1 heterocycles. The maximum absolute atomic E-state index is 12.3. The third kappa shape index (κ3) is 5.13. The first-order valence-electron chi connectivity index (χ1n) is 10.4. The van der Waals surface area contributed by atoms with Crippen molar-refractivity contribution in [1.82, 2.24) is 14.9 Å². The van der Waals surface area contributed by atoms with Crippen LogP contribution in [0.5, 0.6) is 5.75 Å². The zero-order chi connectivity index (χ0) is 22.3. The van der Waals surface area contributed by atoms with Crippen LogP contribution in [0.4, 0.5) is 0 Å². The summed E-state index contributed by atoms with van der Waals surface area (Å²) in [5, 5.41) is 2.95. The van der Waals surface area contributed by atoms with E-state index in [1.54, 1.807) is 19.5 Å². The number of amides is 1. The molecule has 4 aromatic rings. The number of nitrogens with zero attached hydrogens (tertiary/aromatic N) is 2. The van der Waals surface area contributed by atoms with E-state index in [0.717, 1.165) is 33.6 Å². The number of benzene rings is 3. The molecule has 0 fully saturated rings.